The SMILES string of the molecule is Ic1cnn(C23CC(C2)C3)c1. The van der Waals surface area contributed by atoms with Gasteiger partial charge in [-0.2, -0.15) is 5.10 Å². The summed E-state index contributed by atoms with van der Waals surface area (Å²) in [5.74, 6) is 1.04. The third kappa shape index (κ3) is 0.699. The molecule has 3 aliphatic carbocycles. The lowest BCUT2D eigenvalue weighted by molar-refractivity contribution is -0.0978. The largest absolute Gasteiger partial charge is 0.266 e. The molecule has 0 radical (unpaired) electrons. The Hall–Kier alpha value is -0.0600. The zero-order chi connectivity index (χ0) is 7.47. The van der Waals surface area contributed by atoms with Crippen molar-refractivity contribution in [1.82, 2.24) is 9.78 Å². The first-order valence-corrected chi connectivity index (χ1v) is 5.07. The van der Waals surface area contributed by atoms with Crippen LogP contribution < -0.4 is 0 Å². The van der Waals surface area contributed by atoms with Crippen molar-refractivity contribution in [3.8, 4) is 0 Å². The topological polar surface area (TPSA) is 17.8 Å². The van der Waals surface area contributed by atoms with Crippen LogP contribution >= 0.6 is 22.6 Å². The van der Waals surface area contributed by atoms with Gasteiger partial charge in [0.05, 0.1) is 15.3 Å². The van der Waals surface area contributed by atoms with Crippen LogP contribution in [0.3, 0.4) is 0 Å². The highest BCUT2D eigenvalue weighted by molar-refractivity contribution is 14.1. The van der Waals surface area contributed by atoms with Crippen LogP contribution in [0.15, 0.2) is 12.4 Å². The van der Waals surface area contributed by atoms with Crippen LogP contribution in [0.1, 0.15) is 19.3 Å². The minimum absolute atomic E-state index is 0.480. The lowest BCUT2D eigenvalue weighted by Gasteiger charge is -2.61. The van der Waals surface area contributed by atoms with Crippen molar-refractivity contribution < 1.29 is 0 Å². The first-order valence-electron chi connectivity index (χ1n) is 3.99. The fourth-order valence-electron chi connectivity index (χ4n) is 2.27. The molecule has 3 fully saturated rings. The predicted octanol–water partition coefficient (Wildman–Crippen LogP) is 2.00. The van der Waals surface area contributed by atoms with Gasteiger partial charge in [-0.05, 0) is 47.8 Å². The monoisotopic (exact) mass is 260 g/mol. The van der Waals surface area contributed by atoms with Gasteiger partial charge in [0.15, 0.2) is 0 Å². The average molecular weight is 260 g/mol. The molecule has 1 aromatic heterocycles. The van der Waals surface area contributed by atoms with Crippen molar-refractivity contribution in [3.63, 3.8) is 0 Å². The number of aromatic nitrogens is 2. The molecule has 3 heteroatoms. The molecule has 0 amide bonds. The molecule has 0 atom stereocenters. The third-order valence-electron chi connectivity index (χ3n) is 3.04. The van der Waals surface area contributed by atoms with Gasteiger partial charge < -0.3 is 0 Å². The average Bonchev–Trinajstić information content (AvgIpc) is 2.06. The molecule has 0 saturated heterocycles. The number of halogens is 1. The van der Waals surface area contributed by atoms with Crippen LogP contribution in [0.4, 0.5) is 0 Å². The Bertz CT molecular complexity index is 288. The normalized spacial score (nSPS) is 39.5. The van der Waals surface area contributed by atoms with Gasteiger partial charge in [0, 0.05) is 6.20 Å². The van der Waals surface area contributed by atoms with E-state index >= 15 is 0 Å². The van der Waals surface area contributed by atoms with Crippen molar-refractivity contribution >= 4 is 22.6 Å². The molecule has 3 aliphatic rings. The van der Waals surface area contributed by atoms with E-state index < -0.39 is 0 Å². The lowest BCUT2D eigenvalue weighted by atomic mass is 9.50. The minimum atomic E-state index is 0.480. The van der Waals surface area contributed by atoms with Crippen LogP contribution in [0, 0.1) is 9.49 Å². The second-order valence-corrected chi connectivity index (χ2v) is 5.05. The van der Waals surface area contributed by atoms with E-state index in [4.69, 9.17) is 0 Å². The summed E-state index contributed by atoms with van der Waals surface area (Å²) in [6.45, 7) is 0. The zero-order valence-electron chi connectivity index (χ0n) is 6.13. The smallest absolute Gasteiger partial charge is 0.0636 e. The summed E-state index contributed by atoms with van der Waals surface area (Å²) in [6, 6.07) is 0. The Morgan fingerprint density at radius 2 is 2.27 bits per heavy atom. The summed E-state index contributed by atoms with van der Waals surface area (Å²) >= 11 is 2.32. The van der Waals surface area contributed by atoms with Gasteiger partial charge in [-0.1, -0.05) is 0 Å². The summed E-state index contributed by atoms with van der Waals surface area (Å²) in [4.78, 5) is 0. The number of hydrogen-bond donors (Lipinski definition) is 0. The van der Waals surface area contributed by atoms with Gasteiger partial charge in [-0.3, -0.25) is 4.68 Å². The van der Waals surface area contributed by atoms with Crippen LogP contribution in [0.5, 0.6) is 0 Å². The molecular weight excluding hydrogens is 251 g/mol. The van der Waals surface area contributed by atoms with Crippen LogP contribution in [-0.4, -0.2) is 9.78 Å². The Morgan fingerprint density at radius 1 is 1.55 bits per heavy atom. The fraction of sp³-hybridized carbons (Fsp3) is 0.625. The van der Waals surface area contributed by atoms with Crippen molar-refractivity contribution in [3.05, 3.63) is 16.0 Å². The second-order valence-electron chi connectivity index (χ2n) is 3.81. The first-order chi connectivity index (χ1) is 5.28. The maximum atomic E-state index is 4.36. The molecule has 58 valence electrons. The Labute approximate surface area is 79.1 Å². The molecule has 1 aromatic rings. The van der Waals surface area contributed by atoms with E-state index in [2.05, 4.69) is 38.6 Å². The highest BCUT2D eigenvalue weighted by Gasteiger charge is 2.58. The standard InChI is InChI=1S/C8H9IN2/c9-7-4-10-11(5-7)8-1-6(2-8)3-8/h4-6H,1-3H2. The molecule has 4 rings (SSSR count). The summed E-state index contributed by atoms with van der Waals surface area (Å²) in [7, 11) is 0. The van der Waals surface area contributed by atoms with Gasteiger partial charge >= 0.3 is 0 Å². The quantitative estimate of drug-likeness (QED) is 0.706. The van der Waals surface area contributed by atoms with Crippen molar-refractivity contribution in [2.45, 2.75) is 24.8 Å². The molecule has 2 nitrogen and oxygen atoms in total. The Kier molecular flexibility index (Phi) is 1.06. The van der Waals surface area contributed by atoms with Gasteiger partial charge in [0.25, 0.3) is 0 Å². The molecule has 2 bridgehead atoms. The van der Waals surface area contributed by atoms with Crippen LogP contribution in [0.25, 0.3) is 0 Å². The van der Waals surface area contributed by atoms with Crippen molar-refractivity contribution in [2.75, 3.05) is 0 Å². The van der Waals surface area contributed by atoms with Crippen molar-refractivity contribution in [2.24, 2.45) is 5.92 Å². The van der Waals surface area contributed by atoms with Crippen LogP contribution in [0.2, 0.25) is 0 Å². The molecule has 11 heavy (non-hydrogen) atoms. The second kappa shape index (κ2) is 1.81. The summed E-state index contributed by atoms with van der Waals surface area (Å²) in [5, 5.41) is 4.36. The fourth-order valence-corrected chi connectivity index (χ4v) is 2.66. The van der Waals surface area contributed by atoms with E-state index in [-0.39, 0.29) is 0 Å². The molecular formula is C8H9IN2. The molecule has 0 aromatic carbocycles. The predicted molar refractivity (Wildman–Crippen MR) is 50.3 cm³/mol. The van der Waals surface area contributed by atoms with E-state index in [0.29, 0.717) is 5.54 Å². The molecule has 0 spiro atoms. The summed E-state index contributed by atoms with van der Waals surface area (Å²) in [5.41, 5.74) is 0.480. The third-order valence-corrected chi connectivity index (χ3v) is 3.60. The van der Waals surface area contributed by atoms with Crippen molar-refractivity contribution in [1.29, 1.82) is 0 Å². The Morgan fingerprint density at radius 3 is 2.64 bits per heavy atom. The molecule has 0 unspecified atom stereocenters. The summed E-state index contributed by atoms with van der Waals surface area (Å²) in [6.07, 6.45) is 8.25. The number of rotatable bonds is 1. The minimum Gasteiger partial charge on any atom is -0.266 e. The molecule has 0 N–H and O–H groups in total. The maximum absolute atomic E-state index is 4.36. The highest BCUT2D eigenvalue weighted by atomic mass is 127. The Balaban J connectivity index is 1.99. The van der Waals surface area contributed by atoms with Gasteiger partial charge in [-0.25, -0.2) is 0 Å². The lowest BCUT2D eigenvalue weighted by Crippen LogP contribution is -2.59. The van der Waals surface area contributed by atoms with E-state index in [1.807, 2.05) is 6.20 Å². The molecule has 0 aliphatic heterocycles. The van der Waals surface area contributed by atoms with Crippen LogP contribution in [-0.2, 0) is 5.54 Å². The van der Waals surface area contributed by atoms with E-state index in [0.717, 1.165) is 5.92 Å². The summed E-state index contributed by atoms with van der Waals surface area (Å²) < 4.78 is 3.43. The maximum Gasteiger partial charge on any atom is 0.0636 e. The van der Waals surface area contributed by atoms with Gasteiger partial charge in [0.2, 0.25) is 0 Å². The van der Waals surface area contributed by atoms with Gasteiger partial charge in [-0.15, -0.1) is 0 Å². The number of nitrogens with zero attached hydrogens (tertiary/aromatic N) is 2. The first kappa shape index (κ1) is 6.46. The van der Waals surface area contributed by atoms with E-state index in [9.17, 15) is 0 Å². The number of hydrogen-bond acceptors (Lipinski definition) is 1. The highest BCUT2D eigenvalue weighted by Crippen LogP contribution is 2.61. The van der Waals surface area contributed by atoms with E-state index in [1.54, 1.807) is 0 Å². The molecule has 1 heterocycles. The zero-order valence-corrected chi connectivity index (χ0v) is 8.28. The molecule has 3 saturated carbocycles. The van der Waals surface area contributed by atoms with Gasteiger partial charge in [0.1, 0.15) is 0 Å². The van der Waals surface area contributed by atoms with E-state index in [1.165, 1.54) is 22.8 Å².